The molecule has 0 aromatic carbocycles. The van der Waals surface area contributed by atoms with Crippen LogP contribution in [0.3, 0.4) is 0 Å². The van der Waals surface area contributed by atoms with Crippen LogP contribution in [0.5, 0.6) is 0 Å². The predicted molar refractivity (Wildman–Crippen MR) is 78.3 cm³/mol. The molecular weight excluding hydrogens is 262 g/mol. The lowest BCUT2D eigenvalue weighted by atomic mass is 9.78. The zero-order valence-electron chi connectivity index (χ0n) is 11.6. The highest BCUT2D eigenvalue weighted by atomic mass is 35.5. The Bertz CT molecular complexity index is 320. The van der Waals surface area contributed by atoms with Gasteiger partial charge in [0.05, 0.1) is 6.54 Å². The second-order valence-corrected chi connectivity index (χ2v) is 6.30. The van der Waals surface area contributed by atoms with Gasteiger partial charge in [0, 0.05) is 32.2 Å². The van der Waals surface area contributed by atoms with E-state index in [-0.39, 0.29) is 12.4 Å². The normalized spacial score (nSPS) is 35.0. The minimum Gasteiger partial charge on any atom is -0.342 e. The van der Waals surface area contributed by atoms with Crippen molar-refractivity contribution < 1.29 is 4.79 Å². The summed E-state index contributed by atoms with van der Waals surface area (Å²) in [5.74, 6) is 1.73. The third-order valence-electron chi connectivity index (χ3n) is 5.05. The summed E-state index contributed by atoms with van der Waals surface area (Å²) in [5.41, 5.74) is 6.21. The Labute approximate surface area is 122 Å². The molecule has 0 bridgehead atoms. The Morgan fingerprint density at radius 1 is 1.11 bits per heavy atom. The lowest BCUT2D eigenvalue weighted by Gasteiger charge is -2.29. The quantitative estimate of drug-likeness (QED) is 0.827. The summed E-state index contributed by atoms with van der Waals surface area (Å²) in [6.07, 6.45) is 6.13. The smallest absolute Gasteiger partial charge is 0.236 e. The highest BCUT2D eigenvalue weighted by Crippen LogP contribution is 2.35. The molecule has 2 aliphatic heterocycles. The number of rotatable bonds is 2. The molecule has 4 nitrogen and oxygen atoms in total. The second kappa shape index (κ2) is 6.42. The van der Waals surface area contributed by atoms with Crippen molar-refractivity contribution in [1.82, 2.24) is 9.80 Å². The molecule has 3 rings (SSSR count). The summed E-state index contributed by atoms with van der Waals surface area (Å²) in [6, 6.07) is 0.371. The lowest BCUT2D eigenvalue weighted by Crippen LogP contribution is -2.40. The molecular formula is C14H26ClN3O. The fourth-order valence-electron chi connectivity index (χ4n) is 4.00. The van der Waals surface area contributed by atoms with E-state index in [0.717, 1.165) is 32.1 Å². The minimum atomic E-state index is 0. The van der Waals surface area contributed by atoms with Crippen molar-refractivity contribution in [3.8, 4) is 0 Å². The highest BCUT2D eigenvalue weighted by Gasteiger charge is 2.39. The van der Waals surface area contributed by atoms with Gasteiger partial charge in [0.1, 0.15) is 0 Å². The van der Waals surface area contributed by atoms with Crippen LogP contribution in [-0.4, -0.2) is 54.5 Å². The van der Waals surface area contributed by atoms with Gasteiger partial charge in [-0.2, -0.15) is 0 Å². The molecule has 0 spiro atoms. The first-order valence-electron chi connectivity index (χ1n) is 7.50. The summed E-state index contributed by atoms with van der Waals surface area (Å²) in [5, 5.41) is 0. The van der Waals surface area contributed by atoms with Crippen LogP contribution in [0, 0.1) is 11.8 Å². The fourth-order valence-corrected chi connectivity index (χ4v) is 4.00. The van der Waals surface area contributed by atoms with E-state index >= 15 is 0 Å². The van der Waals surface area contributed by atoms with Crippen LogP contribution in [-0.2, 0) is 4.79 Å². The second-order valence-electron chi connectivity index (χ2n) is 6.30. The number of carbonyl (C=O) groups is 1. The van der Waals surface area contributed by atoms with Crippen molar-refractivity contribution >= 4 is 18.3 Å². The van der Waals surface area contributed by atoms with Crippen molar-refractivity contribution in [2.45, 2.75) is 38.1 Å². The summed E-state index contributed by atoms with van der Waals surface area (Å²) in [4.78, 5) is 16.5. The molecule has 1 aliphatic carbocycles. The highest BCUT2D eigenvalue weighted by molar-refractivity contribution is 5.85. The first-order chi connectivity index (χ1) is 8.74. The molecule has 1 amide bonds. The van der Waals surface area contributed by atoms with Crippen molar-refractivity contribution in [3.05, 3.63) is 0 Å². The largest absolute Gasteiger partial charge is 0.342 e. The first kappa shape index (κ1) is 15.1. The number of hydrogen-bond donors (Lipinski definition) is 1. The van der Waals surface area contributed by atoms with Gasteiger partial charge in [0.2, 0.25) is 5.91 Å². The van der Waals surface area contributed by atoms with Crippen LogP contribution < -0.4 is 5.73 Å². The zero-order chi connectivity index (χ0) is 12.5. The van der Waals surface area contributed by atoms with E-state index in [9.17, 15) is 4.79 Å². The topological polar surface area (TPSA) is 49.6 Å². The average Bonchev–Trinajstić information content (AvgIpc) is 2.97. The Morgan fingerprint density at radius 3 is 2.53 bits per heavy atom. The number of halogens is 1. The molecule has 2 saturated heterocycles. The molecule has 2 heterocycles. The number of fused-ring (bicyclic) bond motifs is 1. The molecule has 0 aromatic rings. The summed E-state index contributed by atoms with van der Waals surface area (Å²) < 4.78 is 0. The van der Waals surface area contributed by atoms with E-state index in [1.807, 2.05) is 4.90 Å². The minimum absolute atomic E-state index is 0. The van der Waals surface area contributed by atoms with Gasteiger partial charge in [-0.25, -0.2) is 0 Å². The van der Waals surface area contributed by atoms with Crippen LogP contribution in [0.15, 0.2) is 0 Å². The van der Waals surface area contributed by atoms with Gasteiger partial charge < -0.3 is 10.6 Å². The number of hydrogen-bond acceptors (Lipinski definition) is 3. The molecule has 3 atom stereocenters. The molecule has 2 N–H and O–H groups in total. The van der Waals surface area contributed by atoms with Gasteiger partial charge in [0.25, 0.3) is 0 Å². The van der Waals surface area contributed by atoms with Crippen LogP contribution >= 0.6 is 12.4 Å². The van der Waals surface area contributed by atoms with Gasteiger partial charge in [-0.3, -0.25) is 9.69 Å². The number of nitrogens with zero attached hydrogens (tertiary/aromatic N) is 2. The van der Waals surface area contributed by atoms with Gasteiger partial charge in [-0.1, -0.05) is 6.42 Å². The van der Waals surface area contributed by atoms with Gasteiger partial charge in [-0.15, -0.1) is 12.4 Å². The SMILES string of the molecule is Cl.NC1CCCC2CN(CC(=O)N3CCCC3)CC12. The molecule has 3 fully saturated rings. The average molecular weight is 288 g/mol. The standard InChI is InChI=1S/C14H25N3O.ClH/c15-13-5-3-4-11-8-16(9-12(11)13)10-14(18)17-6-1-2-7-17;/h11-13H,1-10,15H2;1H. The Kier molecular flexibility index (Phi) is 5.09. The van der Waals surface area contributed by atoms with E-state index in [0.29, 0.717) is 24.4 Å². The van der Waals surface area contributed by atoms with E-state index < -0.39 is 0 Å². The van der Waals surface area contributed by atoms with Crippen molar-refractivity contribution in [2.75, 3.05) is 32.7 Å². The maximum Gasteiger partial charge on any atom is 0.236 e. The summed E-state index contributed by atoms with van der Waals surface area (Å²) >= 11 is 0. The van der Waals surface area contributed by atoms with E-state index in [2.05, 4.69) is 4.90 Å². The van der Waals surface area contributed by atoms with Crippen molar-refractivity contribution in [2.24, 2.45) is 17.6 Å². The maximum atomic E-state index is 12.1. The van der Waals surface area contributed by atoms with Crippen LogP contribution in [0.1, 0.15) is 32.1 Å². The van der Waals surface area contributed by atoms with E-state index in [1.54, 1.807) is 0 Å². The predicted octanol–water partition coefficient (Wildman–Crippen LogP) is 1.09. The first-order valence-corrected chi connectivity index (χ1v) is 7.50. The zero-order valence-corrected chi connectivity index (χ0v) is 12.4. The van der Waals surface area contributed by atoms with E-state index in [1.165, 1.54) is 32.1 Å². The third kappa shape index (κ3) is 3.23. The van der Waals surface area contributed by atoms with Gasteiger partial charge >= 0.3 is 0 Å². The van der Waals surface area contributed by atoms with Crippen LogP contribution in [0.2, 0.25) is 0 Å². The number of carbonyl (C=O) groups excluding carboxylic acids is 1. The molecule has 0 radical (unpaired) electrons. The summed E-state index contributed by atoms with van der Waals surface area (Å²) in [7, 11) is 0. The van der Waals surface area contributed by atoms with Crippen LogP contribution in [0.4, 0.5) is 0 Å². The molecule has 110 valence electrons. The molecule has 1 saturated carbocycles. The molecule has 3 unspecified atom stereocenters. The Balaban J connectivity index is 0.00000133. The summed E-state index contributed by atoms with van der Waals surface area (Å²) in [6.45, 7) is 4.71. The number of amides is 1. The lowest BCUT2D eigenvalue weighted by molar-refractivity contribution is -0.131. The van der Waals surface area contributed by atoms with Crippen molar-refractivity contribution in [1.29, 1.82) is 0 Å². The van der Waals surface area contributed by atoms with Gasteiger partial charge in [-0.05, 0) is 37.5 Å². The van der Waals surface area contributed by atoms with Crippen LogP contribution in [0.25, 0.3) is 0 Å². The fraction of sp³-hybridized carbons (Fsp3) is 0.929. The molecule has 19 heavy (non-hydrogen) atoms. The molecule has 5 heteroatoms. The Morgan fingerprint density at radius 2 is 1.84 bits per heavy atom. The van der Waals surface area contributed by atoms with Crippen molar-refractivity contribution in [3.63, 3.8) is 0 Å². The van der Waals surface area contributed by atoms with Gasteiger partial charge in [0.15, 0.2) is 0 Å². The molecule has 3 aliphatic rings. The monoisotopic (exact) mass is 287 g/mol. The Hall–Kier alpha value is -0.320. The number of likely N-dealkylation sites (tertiary alicyclic amines) is 2. The molecule has 0 aromatic heterocycles. The maximum absolute atomic E-state index is 12.1. The van der Waals surface area contributed by atoms with E-state index in [4.69, 9.17) is 5.73 Å². The number of nitrogens with two attached hydrogens (primary N) is 1. The third-order valence-corrected chi connectivity index (χ3v) is 5.05.